The summed E-state index contributed by atoms with van der Waals surface area (Å²) in [5.41, 5.74) is 0.303. The van der Waals surface area contributed by atoms with Gasteiger partial charge in [-0.05, 0) is 31.0 Å². The third kappa shape index (κ3) is 5.59. The SMILES string of the molecule is CNC(=O)C1CCCN1C(=O)CNC(=O)CNC(=O)c1ccc(OC)c(OC)c1. The summed E-state index contributed by atoms with van der Waals surface area (Å²) in [4.78, 5) is 49.7. The van der Waals surface area contributed by atoms with Crippen LogP contribution in [-0.4, -0.2) is 75.5 Å². The van der Waals surface area contributed by atoms with Crippen LogP contribution < -0.4 is 25.4 Å². The molecule has 1 fully saturated rings. The molecule has 1 saturated heterocycles. The third-order valence-electron chi connectivity index (χ3n) is 4.61. The van der Waals surface area contributed by atoms with Crippen molar-refractivity contribution in [3.05, 3.63) is 23.8 Å². The molecule has 3 N–H and O–H groups in total. The zero-order valence-corrected chi connectivity index (χ0v) is 16.7. The molecule has 1 aliphatic heterocycles. The van der Waals surface area contributed by atoms with Gasteiger partial charge in [-0.15, -0.1) is 0 Å². The Kier molecular flexibility index (Phi) is 7.81. The van der Waals surface area contributed by atoms with Gasteiger partial charge in [-0.1, -0.05) is 0 Å². The molecule has 0 saturated carbocycles. The van der Waals surface area contributed by atoms with Crippen LogP contribution in [0, 0.1) is 0 Å². The second-order valence-corrected chi connectivity index (χ2v) is 6.39. The molecular formula is C19H26N4O6. The van der Waals surface area contributed by atoms with Crippen LogP contribution in [0.3, 0.4) is 0 Å². The molecule has 10 heteroatoms. The van der Waals surface area contributed by atoms with Gasteiger partial charge in [0.15, 0.2) is 11.5 Å². The Hall–Kier alpha value is -3.30. The van der Waals surface area contributed by atoms with Crippen molar-refractivity contribution >= 4 is 23.6 Å². The molecule has 1 aromatic rings. The second kappa shape index (κ2) is 10.3. The van der Waals surface area contributed by atoms with Crippen molar-refractivity contribution < 1.29 is 28.7 Å². The summed E-state index contributed by atoms with van der Waals surface area (Å²) in [7, 11) is 4.47. The fraction of sp³-hybridized carbons (Fsp3) is 0.474. The lowest BCUT2D eigenvalue weighted by atomic mass is 10.2. The van der Waals surface area contributed by atoms with Crippen LogP contribution in [0.2, 0.25) is 0 Å². The van der Waals surface area contributed by atoms with E-state index in [0.717, 1.165) is 6.42 Å². The number of amides is 4. The lowest BCUT2D eigenvalue weighted by Crippen LogP contribution is -2.49. The quantitative estimate of drug-likeness (QED) is 0.523. The summed E-state index contributed by atoms with van der Waals surface area (Å²) in [5.74, 6) is -0.654. The summed E-state index contributed by atoms with van der Waals surface area (Å²) < 4.78 is 10.3. The number of hydrogen-bond acceptors (Lipinski definition) is 6. The van der Waals surface area contributed by atoms with Crippen molar-refractivity contribution in [3.8, 4) is 11.5 Å². The van der Waals surface area contributed by atoms with Crippen LogP contribution in [-0.2, 0) is 14.4 Å². The molecule has 0 radical (unpaired) electrons. The highest BCUT2D eigenvalue weighted by Gasteiger charge is 2.33. The number of ether oxygens (including phenoxy) is 2. The number of likely N-dealkylation sites (tertiary alicyclic amines) is 1. The summed E-state index contributed by atoms with van der Waals surface area (Å²) in [6.07, 6.45) is 1.33. The van der Waals surface area contributed by atoms with Crippen LogP contribution >= 0.6 is 0 Å². The summed E-state index contributed by atoms with van der Waals surface area (Å²) in [6.45, 7) is -0.0548. The maximum Gasteiger partial charge on any atom is 0.251 e. The van der Waals surface area contributed by atoms with E-state index in [-0.39, 0.29) is 24.9 Å². The largest absolute Gasteiger partial charge is 0.493 e. The number of likely N-dealkylation sites (N-methyl/N-ethyl adjacent to an activating group) is 1. The first-order chi connectivity index (χ1) is 13.9. The maximum absolute atomic E-state index is 12.3. The number of rotatable bonds is 8. The molecule has 4 amide bonds. The van der Waals surface area contributed by atoms with Crippen molar-refractivity contribution in [1.82, 2.24) is 20.9 Å². The molecule has 10 nitrogen and oxygen atoms in total. The van der Waals surface area contributed by atoms with E-state index in [1.807, 2.05) is 0 Å². The van der Waals surface area contributed by atoms with E-state index in [1.54, 1.807) is 12.1 Å². The molecule has 0 spiro atoms. The van der Waals surface area contributed by atoms with Crippen LogP contribution in [0.5, 0.6) is 11.5 Å². The number of carbonyl (C=O) groups excluding carboxylic acids is 4. The van der Waals surface area contributed by atoms with E-state index in [4.69, 9.17) is 9.47 Å². The average Bonchev–Trinajstić information content (AvgIpc) is 3.24. The van der Waals surface area contributed by atoms with Crippen molar-refractivity contribution in [2.24, 2.45) is 0 Å². The molecule has 1 unspecified atom stereocenters. The van der Waals surface area contributed by atoms with Crippen molar-refractivity contribution in [2.75, 3.05) is 40.9 Å². The lowest BCUT2D eigenvalue weighted by molar-refractivity contribution is -0.138. The summed E-state index contributed by atoms with van der Waals surface area (Å²) in [5, 5.41) is 7.48. The van der Waals surface area contributed by atoms with Crippen LogP contribution in [0.15, 0.2) is 18.2 Å². The molecule has 1 aliphatic rings. The van der Waals surface area contributed by atoms with Crippen LogP contribution in [0.25, 0.3) is 0 Å². The molecule has 0 aromatic heterocycles. The fourth-order valence-corrected chi connectivity index (χ4v) is 3.08. The summed E-state index contributed by atoms with van der Waals surface area (Å²) in [6, 6.07) is 4.13. The number of nitrogens with one attached hydrogen (secondary N) is 3. The van der Waals surface area contributed by atoms with E-state index >= 15 is 0 Å². The van der Waals surface area contributed by atoms with Crippen LogP contribution in [0.4, 0.5) is 0 Å². The molecular weight excluding hydrogens is 380 g/mol. The fourth-order valence-electron chi connectivity index (χ4n) is 3.08. The monoisotopic (exact) mass is 406 g/mol. The number of nitrogens with zero attached hydrogens (tertiary/aromatic N) is 1. The Labute approximate surface area is 168 Å². The lowest BCUT2D eigenvalue weighted by Gasteiger charge is -2.23. The molecule has 1 aromatic carbocycles. The highest BCUT2D eigenvalue weighted by molar-refractivity contribution is 5.97. The van der Waals surface area contributed by atoms with Crippen molar-refractivity contribution in [3.63, 3.8) is 0 Å². The van der Waals surface area contributed by atoms with Gasteiger partial charge in [0, 0.05) is 19.2 Å². The van der Waals surface area contributed by atoms with Gasteiger partial charge in [0.1, 0.15) is 6.04 Å². The first-order valence-electron chi connectivity index (χ1n) is 9.19. The zero-order chi connectivity index (χ0) is 21.4. The van der Waals surface area contributed by atoms with E-state index in [1.165, 1.54) is 32.2 Å². The van der Waals surface area contributed by atoms with Gasteiger partial charge >= 0.3 is 0 Å². The first kappa shape index (κ1) is 22.0. The highest BCUT2D eigenvalue weighted by Crippen LogP contribution is 2.27. The smallest absolute Gasteiger partial charge is 0.251 e. The molecule has 29 heavy (non-hydrogen) atoms. The highest BCUT2D eigenvalue weighted by atomic mass is 16.5. The topological polar surface area (TPSA) is 126 Å². The van der Waals surface area contributed by atoms with E-state index in [2.05, 4.69) is 16.0 Å². The third-order valence-corrected chi connectivity index (χ3v) is 4.61. The Bertz CT molecular complexity index is 782. The molecule has 1 atom stereocenters. The van der Waals surface area contributed by atoms with Gasteiger partial charge in [-0.3, -0.25) is 19.2 Å². The van der Waals surface area contributed by atoms with Crippen molar-refractivity contribution in [2.45, 2.75) is 18.9 Å². The number of methoxy groups -OCH3 is 2. The van der Waals surface area contributed by atoms with Gasteiger partial charge in [0.25, 0.3) is 5.91 Å². The first-order valence-corrected chi connectivity index (χ1v) is 9.19. The zero-order valence-electron chi connectivity index (χ0n) is 16.7. The normalized spacial score (nSPS) is 15.4. The number of benzene rings is 1. The molecule has 158 valence electrons. The number of hydrogen-bond donors (Lipinski definition) is 3. The maximum atomic E-state index is 12.3. The second-order valence-electron chi connectivity index (χ2n) is 6.39. The minimum absolute atomic E-state index is 0.218. The Morgan fingerprint density at radius 1 is 1.07 bits per heavy atom. The van der Waals surface area contributed by atoms with E-state index < -0.39 is 17.9 Å². The minimum Gasteiger partial charge on any atom is -0.493 e. The van der Waals surface area contributed by atoms with E-state index in [9.17, 15) is 19.2 Å². The number of carbonyl (C=O) groups is 4. The molecule has 2 rings (SSSR count). The van der Waals surface area contributed by atoms with Crippen molar-refractivity contribution in [1.29, 1.82) is 0 Å². The summed E-state index contributed by atoms with van der Waals surface area (Å²) >= 11 is 0. The standard InChI is InChI=1S/C19H26N4O6/c1-20-19(27)13-5-4-8-23(13)17(25)11-21-16(24)10-22-18(26)12-6-7-14(28-2)15(9-12)29-3/h6-7,9,13H,4-5,8,10-11H2,1-3H3,(H,20,27)(H,21,24)(H,22,26). The van der Waals surface area contributed by atoms with E-state index in [0.29, 0.717) is 30.0 Å². The Morgan fingerprint density at radius 2 is 1.79 bits per heavy atom. The minimum atomic E-state index is -0.511. The molecule has 0 aliphatic carbocycles. The predicted octanol–water partition coefficient (Wildman–Crippen LogP) is -0.713. The van der Waals surface area contributed by atoms with Gasteiger partial charge in [-0.2, -0.15) is 0 Å². The van der Waals surface area contributed by atoms with Gasteiger partial charge in [0.05, 0.1) is 27.3 Å². The molecule has 0 bridgehead atoms. The van der Waals surface area contributed by atoms with Crippen LogP contribution in [0.1, 0.15) is 23.2 Å². The van der Waals surface area contributed by atoms with Gasteiger partial charge < -0.3 is 30.3 Å². The molecule has 1 heterocycles. The van der Waals surface area contributed by atoms with Gasteiger partial charge in [0.2, 0.25) is 17.7 Å². The Balaban J connectivity index is 1.81. The Morgan fingerprint density at radius 3 is 2.45 bits per heavy atom. The average molecular weight is 406 g/mol. The van der Waals surface area contributed by atoms with Gasteiger partial charge in [-0.25, -0.2) is 0 Å². The predicted molar refractivity (Wildman–Crippen MR) is 104 cm³/mol.